The Morgan fingerprint density at radius 3 is 2.86 bits per heavy atom. The Morgan fingerprint density at radius 2 is 2.10 bits per heavy atom. The number of pyridine rings is 1. The molecule has 0 spiro atoms. The molecule has 2 heterocycles. The predicted molar refractivity (Wildman–Crippen MR) is 87.2 cm³/mol. The van der Waals surface area contributed by atoms with Crippen LogP contribution in [0.5, 0.6) is 0 Å². The number of hydrogen-bond donors (Lipinski definition) is 1. The lowest BCUT2D eigenvalue weighted by Gasteiger charge is -2.10. The van der Waals surface area contributed by atoms with Crippen molar-refractivity contribution < 1.29 is 0 Å². The molecular weight excluding hydrogens is 258 g/mol. The molecule has 108 valence electrons. The molecule has 0 aliphatic rings. The predicted octanol–water partition coefficient (Wildman–Crippen LogP) is 3.36. The summed E-state index contributed by atoms with van der Waals surface area (Å²) >= 11 is 0. The van der Waals surface area contributed by atoms with Crippen molar-refractivity contribution in [1.29, 1.82) is 0 Å². The lowest BCUT2D eigenvalue weighted by molar-refractivity contribution is 0.646. The Kier molecular flexibility index (Phi) is 4.02. The van der Waals surface area contributed by atoms with Crippen LogP contribution in [0, 0.1) is 0 Å². The van der Waals surface area contributed by atoms with E-state index in [1.165, 1.54) is 16.5 Å². The van der Waals surface area contributed by atoms with Crippen LogP contribution in [0.4, 0.5) is 0 Å². The first-order valence-corrected chi connectivity index (χ1v) is 7.49. The highest BCUT2D eigenvalue weighted by Gasteiger charge is 2.06. The van der Waals surface area contributed by atoms with Gasteiger partial charge in [0.1, 0.15) is 0 Å². The molecule has 21 heavy (non-hydrogen) atoms. The number of aromatic nitrogens is 2. The summed E-state index contributed by atoms with van der Waals surface area (Å²) in [4.78, 5) is 4.40. The first-order chi connectivity index (χ1) is 10.3. The van der Waals surface area contributed by atoms with E-state index in [9.17, 15) is 0 Å². The van der Waals surface area contributed by atoms with Gasteiger partial charge in [-0.3, -0.25) is 4.98 Å². The topological polar surface area (TPSA) is 43.8 Å². The molecule has 0 amide bonds. The number of nitrogens with two attached hydrogens (primary N) is 1. The third-order valence-corrected chi connectivity index (χ3v) is 3.92. The normalized spacial score (nSPS) is 12.7. The van der Waals surface area contributed by atoms with E-state index in [0.29, 0.717) is 0 Å². The lowest BCUT2D eigenvalue weighted by Crippen LogP contribution is -2.21. The van der Waals surface area contributed by atoms with E-state index < -0.39 is 0 Å². The van der Waals surface area contributed by atoms with Gasteiger partial charge in [-0.2, -0.15) is 0 Å². The molecule has 1 atom stereocenters. The van der Waals surface area contributed by atoms with Gasteiger partial charge in [0.05, 0.1) is 12.2 Å². The summed E-state index contributed by atoms with van der Waals surface area (Å²) in [6.07, 6.45) is 5.91. The number of rotatable bonds is 5. The summed E-state index contributed by atoms with van der Waals surface area (Å²) in [7, 11) is 0. The van der Waals surface area contributed by atoms with Crippen molar-refractivity contribution in [3.05, 3.63) is 66.1 Å². The maximum absolute atomic E-state index is 6.07. The molecule has 2 aromatic heterocycles. The zero-order valence-corrected chi connectivity index (χ0v) is 12.4. The van der Waals surface area contributed by atoms with Gasteiger partial charge in [-0.1, -0.05) is 25.1 Å². The first kappa shape index (κ1) is 13.8. The third kappa shape index (κ3) is 3.14. The Bertz CT molecular complexity index is 716. The van der Waals surface area contributed by atoms with Crippen molar-refractivity contribution in [1.82, 2.24) is 9.55 Å². The summed E-state index contributed by atoms with van der Waals surface area (Å²) in [5, 5.41) is 1.26. The van der Waals surface area contributed by atoms with Crippen molar-refractivity contribution >= 4 is 10.9 Å². The smallest absolute Gasteiger partial charge is 0.0648 e. The van der Waals surface area contributed by atoms with Gasteiger partial charge in [-0.25, -0.2) is 0 Å². The number of benzene rings is 1. The highest BCUT2D eigenvalue weighted by atomic mass is 15.0. The average Bonchev–Trinajstić information content (AvgIpc) is 2.91. The maximum atomic E-state index is 6.07. The minimum absolute atomic E-state index is 0.238. The van der Waals surface area contributed by atoms with Crippen molar-refractivity contribution in [2.75, 3.05) is 0 Å². The summed E-state index contributed by atoms with van der Waals surface area (Å²) < 4.78 is 2.25. The van der Waals surface area contributed by atoms with Crippen LogP contribution in [0.2, 0.25) is 0 Å². The van der Waals surface area contributed by atoms with Crippen LogP contribution in [0.3, 0.4) is 0 Å². The minimum Gasteiger partial charge on any atom is -0.341 e. The number of fused-ring (bicyclic) bond motifs is 1. The molecule has 0 aliphatic carbocycles. The van der Waals surface area contributed by atoms with Crippen LogP contribution < -0.4 is 5.73 Å². The van der Waals surface area contributed by atoms with Gasteiger partial charge in [-0.15, -0.1) is 0 Å². The Balaban J connectivity index is 1.90. The van der Waals surface area contributed by atoms with Crippen molar-refractivity contribution in [3.8, 4) is 0 Å². The van der Waals surface area contributed by atoms with E-state index in [0.717, 1.165) is 25.1 Å². The van der Waals surface area contributed by atoms with Gasteiger partial charge in [0.15, 0.2) is 0 Å². The van der Waals surface area contributed by atoms with E-state index in [1.54, 1.807) is 0 Å². The highest BCUT2D eigenvalue weighted by molar-refractivity contribution is 5.81. The zero-order valence-electron chi connectivity index (χ0n) is 12.4. The van der Waals surface area contributed by atoms with Gasteiger partial charge in [0, 0.05) is 24.0 Å². The quantitative estimate of drug-likeness (QED) is 0.778. The van der Waals surface area contributed by atoms with Crippen LogP contribution in [-0.2, 0) is 13.0 Å². The molecule has 0 aliphatic heterocycles. The van der Waals surface area contributed by atoms with E-state index in [-0.39, 0.29) is 6.04 Å². The lowest BCUT2D eigenvalue weighted by atomic mass is 10.0. The van der Waals surface area contributed by atoms with E-state index in [1.807, 2.05) is 18.3 Å². The van der Waals surface area contributed by atoms with Crippen LogP contribution in [0.25, 0.3) is 10.9 Å². The Morgan fingerprint density at radius 1 is 1.19 bits per heavy atom. The van der Waals surface area contributed by atoms with Crippen LogP contribution in [0.15, 0.2) is 54.9 Å². The largest absolute Gasteiger partial charge is 0.341 e. The molecular formula is C18H21N3. The first-order valence-electron chi connectivity index (χ1n) is 7.49. The monoisotopic (exact) mass is 279 g/mol. The molecule has 3 rings (SSSR count). The second-order valence-corrected chi connectivity index (χ2v) is 5.53. The molecule has 0 saturated carbocycles. The standard InChI is InChI=1S/C18H21N3/c1-2-16(19)11-14-6-7-15-8-10-21(18(15)12-14)13-17-5-3-4-9-20-17/h3-10,12,16H,2,11,13,19H2,1H3. The fourth-order valence-corrected chi connectivity index (χ4v) is 2.61. The van der Waals surface area contributed by atoms with Gasteiger partial charge in [0.2, 0.25) is 0 Å². The molecule has 0 saturated heterocycles. The van der Waals surface area contributed by atoms with E-state index in [2.05, 4.69) is 53.0 Å². The molecule has 0 radical (unpaired) electrons. The van der Waals surface area contributed by atoms with Crippen LogP contribution in [-0.4, -0.2) is 15.6 Å². The molecule has 1 unspecified atom stereocenters. The van der Waals surface area contributed by atoms with Gasteiger partial charge in [0.25, 0.3) is 0 Å². The van der Waals surface area contributed by atoms with Crippen LogP contribution >= 0.6 is 0 Å². The molecule has 3 heteroatoms. The number of hydrogen-bond acceptors (Lipinski definition) is 2. The van der Waals surface area contributed by atoms with E-state index >= 15 is 0 Å². The summed E-state index contributed by atoms with van der Waals surface area (Å²) in [6.45, 7) is 2.93. The van der Waals surface area contributed by atoms with Crippen molar-refractivity contribution in [2.24, 2.45) is 5.73 Å². The Hall–Kier alpha value is -2.13. The minimum atomic E-state index is 0.238. The van der Waals surface area contributed by atoms with Gasteiger partial charge < -0.3 is 10.3 Å². The molecule has 2 N–H and O–H groups in total. The zero-order chi connectivity index (χ0) is 14.7. The van der Waals surface area contributed by atoms with Crippen molar-refractivity contribution in [3.63, 3.8) is 0 Å². The highest BCUT2D eigenvalue weighted by Crippen LogP contribution is 2.19. The molecule has 1 aromatic carbocycles. The Labute approximate surface area is 125 Å². The van der Waals surface area contributed by atoms with Gasteiger partial charge >= 0.3 is 0 Å². The number of nitrogens with zero attached hydrogens (tertiary/aromatic N) is 2. The molecule has 0 fully saturated rings. The van der Waals surface area contributed by atoms with E-state index in [4.69, 9.17) is 5.73 Å². The summed E-state index contributed by atoms with van der Waals surface area (Å²) in [5.74, 6) is 0. The van der Waals surface area contributed by atoms with Crippen LogP contribution in [0.1, 0.15) is 24.6 Å². The summed E-state index contributed by atoms with van der Waals surface area (Å²) in [6, 6.07) is 15.0. The fourth-order valence-electron chi connectivity index (χ4n) is 2.61. The SMILES string of the molecule is CCC(N)Cc1ccc2ccn(Cc3ccccn3)c2c1. The molecule has 3 nitrogen and oxygen atoms in total. The summed E-state index contributed by atoms with van der Waals surface area (Å²) in [5.41, 5.74) is 9.70. The average molecular weight is 279 g/mol. The second kappa shape index (κ2) is 6.10. The van der Waals surface area contributed by atoms with Crippen molar-refractivity contribution in [2.45, 2.75) is 32.4 Å². The van der Waals surface area contributed by atoms with Gasteiger partial charge in [-0.05, 0) is 48.1 Å². The fraction of sp³-hybridized carbons (Fsp3) is 0.278. The third-order valence-electron chi connectivity index (χ3n) is 3.92. The second-order valence-electron chi connectivity index (χ2n) is 5.53. The molecule has 3 aromatic rings. The maximum Gasteiger partial charge on any atom is 0.0648 e. The molecule has 0 bridgehead atoms.